The molecule has 0 radical (unpaired) electrons. The fourth-order valence-electron chi connectivity index (χ4n) is 3.36. The highest BCUT2D eigenvalue weighted by Crippen LogP contribution is 2.50. The molecule has 4 unspecified atom stereocenters. The second-order valence-electron chi connectivity index (χ2n) is 5.84. The highest BCUT2D eigenvalue weighted by Gasteiger charge is 2.57. The zero-order valence-corrected chi connectivity index (χ0v) is 14.5. The quantitative estimate of drug-likeness (QED) is 0.330. The van der Waals surface area contributed by atoms with Crippen LogP contribution in [-0.4, -0.2) is 27.7 Å². The minimum atomic E-state index is -0.362. The Bertz CT molecular complexity index is 802. The zero-order valence-electron chi connectivity index (χ0n) is 12.4. The molecule has 0 saturated carbocycles. The number of rotatable bonds is 3. The summed E-state index contributed by atoms with van der Waals surface area (Å²) in [5, 5.41) is 10.8. The summed E-state index contributed by atoms with van der Waals surface area (Å²) in [4.78, 5) is 17.5. The first-order valence-corrected chi connectivity index (χ1v) is 8.49. The second kappa shape index (κ2) is 5.38. The molecule has 0 aliphatic carbocycles. The van der Waals surface area contributed by atoms with E-state index >= 15 is 0 Å². The summed E-state index contributed by atoms with van der Waals surface area (Å²) >= 11 is 2.30. The third-order valence-electron chi connectivity index (χ3n) is 4.47. The van der Waals surface area contributed by atoms with Crippen LogP contribution in [0.5, 0.6) is 0 Å². The van der Waals surface area contributed by atoms with Gasteiger partial charge in [0.1, 0.15) is 6.17 Å². The van der Waals surface area contributed by atoms with Crippen molar-refractivity contribution in [1.29, 1.82) is 0 Å². The summed E-state index contributed by atoms with van der Waals surface area (Å²) < 4.78 is 1.21. The lowest BCUT2D eigenvalue weighted by Crippen LogP contribution is -2.09. The summed E-state index contributed by atoms with van der Waals surface area (Å²) in [6.45, 7) is 2.10. The number of aliphatic imine (C=N–C) groups is 1. The van der Waals surface area contributed by atoms with Crippen molar-refractivity contribution in [3.05, 3.63) is 73.3 Å². The van der Waals surface area contributed by atoms with Crippen LogP contribution in [0.25, 0.3) is 0 Å². The molecule has 2 aromatic carbocycles. The Morgan fingerprint density at radius 2 is 1.74 bits per heavy atom. The predicted molar refractivity (Wildman–Crippen MR) is 96.6 cm³/mol. The molecule has 23 heavy (non-hydrogen) atoms. The zero-order chi connectivity index (χ0) is 16.1. The molecule has 2 aliphatic heterocycles. The van der Waals surface area contributed by atoms with Crippen LogP contribution in [0.1, 0.15) is 24.1 Å². The molecule has 2 heterocycles. The molecule has 2 aromatic rings. The first-order valence-electron chi connectivity index (χ1n) is 7.41. The highest BCUT2D eigenvalue weighted by molar-refractivity contribution is 14.1. The van der Waals surface area contributed by atoms with E-state index in [4.69, 9.17) is 4.99 Å². The third-order valence-corrected chi connectivity index (χ3v) is 5.19. The first kappa shape index (κ1) is 14.8. The molecular weight excluding hydrogens is 405 g/mol. The Hall–Kier alpha value is -1.80. The van der Waals surface area contributed by atoms with Crippen molar-refractivity contribution in [2.45, 2.75) is 25.2 Å². The summed E-state index contributed by atoms with van der Waals surface area (Å²) in [7, 11) is 0. The molecule has 0 bridgehead atoms. The summed E-state index contributed by atoms with van der Waals surface area (Å²) in [5.41, 5.74) is 3.53. The van der Waals surface area contributed by atoms with Crippen molar-refractivity contribution >= 4 is 34.0 Å². The van der Waals surface area contributed by atoms with E-state index in [1.54, 1.807) is 12.1 Å². The molecule has 0 N–H and O–H groups in total. The van der Waals surface area contributed by atoms with Gasteiger partial charge < -0.3 is 0 Å². The van der Waals surface area contributed by atoms with Crippen LogP contribution in [0, 0.1) is 13.7 Å². The van der Waals surface area contributed by atoms with E-state index < -0.39 is 0 Å². The van der Waals surface area contributed by atoms with Gasteiger partial charge in [-0.3, -0.25) is 20.0 Å². The van der Waals surface area contributed by atoms with Gasteiger partial charge >= 0.3 is 0 Å². The number of hydrogen-bond donors (Lipinski definition) is 0. The number of halogens is 1. The summed E-state index contributed by atoms with van der Waals surface area (Å²) in [5.74, 6) is 0. The van der Waals surface area contributed by atoms with Gasteiger partial charge in [-0.2, -0.15) is 0 Å². The van der Waals surface area contributed by atoms with Gasteiger partial charge in [-0.05, 0) is 52.8 Å². The Kier molecular flexibility index (Phi) is 3.46. The molecule has 0 amide bonds. The molecule has 5 nitrogen and oxygen atoms in total. The van der Waals surface area contributed by atoms with Crippen LogP contribution in [0.3, 0.4) is 0 Å². The molecule has 0 spiro atoms. The van der Waals surface area contributed by atoms with Crippen molar-refractivity contribution in [3.63, 3.8) is 0 Å². The van der Waals surface area contributed by atoms with Gasteiger partial charge in [-0.1, -0.05) is 24.3 Å². The molecule has 0 aromatic heterocycles. The van der Waals surface area contributed by atoms with Crippen LogP contribution < -0.4 is 0 Å². The number of non-ortho nitro benzene ring substituents is 1. The second-order valence-corrected chi connectivity index (χ2v) is 7.08. The van der Waals surface area contributed by atoms with Crippen molar-refractivity contribution in [3.8, 4) is 0 Å². The Morgan fingerprint density at radius 3 is 2.35 bits per heavy atom. The van der Waals surface area contributed by atoms with Crippen LogP contribution in [0.15, 0.2) is 53.5 Å². The number of fused-ring (bicyclic) bond motifs is 1. The Labute approximate surface area is 147 Å². The molecule has 1 fully saturated rings. The molecule has 6 heteroatoms. The van der Waals surface area contributed by atoms with E-state index in [-0.39, 0.29) is 28.9 Å². The van der Waals surface area contributed by atoms with Crippen LogP contribution in [-0.2, 0) is 0 Å². The number of nitro groups is 1. The van der Waals surface area contributed by atoms with E-state index in [0.29, 0.717) is 0 Å². The van der Waals surface area contributed by atoms with Crippen molar-refractivity contribution in [1.82, 2.24) is 4.90 Å². The Balaban J connectivity index is 1.61. The molecular formula is C17H14IN3O2. The normalized spacial score (nSPS) is 28.2. The molecule has 1 saturated heterocycles. The fraction of sp³-hybridized carbons (Fsp3) is 0.235. The van der Waals surface area contributed by atoms with Gasteiger partial charge in [-0.15, -0.1) is 0 Å². The minimum absolute atomic E-state index is 0.133. The maximum Gasteiger partial charge on any atom is 0.269 e. The van der Waals surface area contributed by atoms with E-state index in [9.17, 15) is 10.1 Å². The van der Waals surface area contributed by atoms with E-state index in [0.717, 1.165) is 16.8 Å². The monoisotopic (exact) mass is 419 g/mol. The van der Waals surface area contributed by atoms with Gasteiger partial charge in [0.25, 0.3) is 5.69 Å². The Morgan fingerprint density at radius 1 is 1.09 bits per heavy atom. The first-order chi connectivity index (χ1) is 11.1. The lowest BCUT2D eigenvalue weighted by molar-refractivity contribution is -0.384. The predicted octanol–water partition coefficient (Wildman–Crippen LogP) is 3.77. The van der Waals surface area contributed by atoms with Gasteiger partial charge in [-0.25, -0.2) is 0 Å². The standard InChI is InChI=1S/C17H14IN3O2/c1-10-19-15(11-2-6-13(18)7-3-11)17-16(20(10)17)12-4-8-14(9-5-12)21(22)23/h2-10,16-17H,1H3. The maximum atomic E-state index is 10.8. The molecule has 2 aliphatic rings. The van der Waals surface area contributed by atoms with Crippen LogP contribution in [0.2, 0.25) is 0 Å². The lowest BCUT2D eigenvalue weighted by Gasteiger charge is -2.09. The number of benzene rings is 2. The van der Waals surface area contributed by atoms with Crippen LogP contribution in [0.4, 0.5) is 5.69 Å². The van der Waals surface area contributed by atoms with Gasteiger partial charge in [0, 0.05) is 15.7 Å². The van der Waals surface area contributed by atoms with Crippen molar-refractivity contribution in [2.24, 2.45) is 4.99 Å². The summed E-state index contributed by atoms with van der Waals surface area (Å²) in [6.07, 6.45) is 0.148. The minimum Gasteiger partial charge on any atom is -0.269 e. The largest absolute Gasteiger partial charge is 0.269 e. The molecule has 4 rings (SSSR count). The smallest absolute Gasteiger partial charge is 0.269 e. The average Bonchev–Trinajstić information content (AvgIpc) is 3.20. The third kappa shape index (κ3) is 2.46. The number of nitro benzene ring substituents is 1. The van der Waals surface area contributed by atoms with Crippen molar-refractivity contribution < 1.29 is 4.92 Å². The fourth-order valence-corrected chi connectivity index (χ4v) is 3.72. The van der Waals surface area contributed by atoms with E-state index in [1.165, 1.54) is 3.57 Å². The number of nitrogens with zero attached hydrogens (tertiary/aromatic N) is 3. The van der Waals surface area contributed by atoms with Crippen molar-refractivity contribution in [2.75, 3.05) is 0 Å². The van der Waals surface area contributed by atoms with E-state index in [1.807, 2.05) is 12.1 Å². The van der Waals surface area contributed by atoms with Crippen LogP contribution >= 0.6 is 22.6 Å². The molecule has 4 atom stereocenters. The van der Waals surface area contributed by atoms with Gasteiger partial charge in [0.15, 0.2) is 0 Å². The lowest BCUT2D eigenvalue weighted by atomic mass is 10.0. The molecule has 116 valence electrons. The highest BCUT2D eigenvalue weighted by atomic mass is 127. The van der Waals surface area contributed by atoms with Gasteiger partial charge in [0.05, 0.1) is 22.7 Å². The number of hydrogen-bond acceptors (Lipinski definition) is 4. The van der Waals surface area contributed by atoms with E-state index in [2.05, 4.69) is 58.7 Å². The SMILES string of the molecule is CC1N=C(c2ccc(I)cc2)C2C(c3ccc([N+](=O)[O-])cc3)N12. The topological polar surface area (TPSA) is 58.5 Å². The van der Waals surface area contributed by atoms with Gasteiger partial charge in [0.2, 0.25) is 0 Å². The summed E-state index contributed by atoms with van der Waals surface area (Å²) in [6, 6.07) is 15.9. The maximum absolute atomic E-state index is 10.8. The average molecular weight is 419 g/mol.